The van der Waals surface area contributed by atoms with Crippen molar-refractivity contribution < 1.29 is 0 Å². The maximum absolute atomic E-state index is 2.58. The Balaban J connectivity index is 0.000000169. The second-order valence-corrected chi connectivity index (χ2v) is 71.3. The molecule has 0 amide bonds. The zero-order valence-electron chi connectivity index (χ0n) is 87.6. The molecule has 24 aromatic rings. The van der Waals surface area contributed by atoms with Gasteiger partial charge in [-0.05, 0) is 340 Å². The van der Waals surface area contributed by atoms with E-state index in [2.05, 4.69) is 577 Å². The Morgan fingerprint density at radius 2 is 0.230 bits per heavy atom. The molecule has 0 aliphatic carbocycles. The monoisotopic (exact) mass is 1980 g/mol. The van der Waals surface area contributed by atoms with Crippen LogP contribution in [0, 0.1) is 0 Å². The lowest BCUT2D eigenvalue weighted by molar-refractivity contribution is 1.56. The summed E-state index contributed by atoms with van der Waals surface area (Å²) < 4.78 is 0. The van der Waals surface area contributed by atoms with E-state index in [0.717, 1.165) is 0 Å². The molecule has 0 radical (unpaired) electrons. The normalized spacial score (nSPS) is 12.2. The average Bonchev–Trinajstić information content (AvgIpc) is 0.705. The minimum absolute atomic E-state index is 1.18. The van der Waals surface area contributed by atoms with E-state index in [9.17, 15) is 0 Å². The van der Waals surface area contributed by atoms with Crippen molar-refractivity contribution in [3.63, 3.8) is 0 Å². The van der Waals surface area contributed by atoms with Crippen LogP contribution in [0.5, 0.6) is 0 Å². The van der Waals surface area contributed by atoms with Gasteiger partial charge < -0.3 is 0 Å². The first-order chi connectivity index (χ1) is 71.5. The standard InChI is InChI=1S/C82H66Si2.C61H58Si3/c1-83(2,3)71-50-70(51-72(52-71)84(4,5)6)80-54-79(69-48-65(59-33-21-11-22-34-59)43-66(49-69)60-35-23-12-24-36-60)75-38-37-73-77(67-44-61(55-25-13-7-14-26-55)41-62(45-67)56-27-15-8-16-28-56)53-78(74-39-40-76(80)82(75)81(73)74)68-46-63(57-29-17-9-18-30-57)42-64(47-68)58-31-19-10-20-32-58;1-62(2,3)49-26-20-43(21-27-49)56-39-57(44-22-28-50(29-23-44)63(4,5)6)53-34-35-55-59(48-37-46(41-16-12-10-13-17-41)36-47(38-48)42-18-14-11-15-19-42)40-58(54-33-32-52(56)60(53)61(54)55)45-24-30-51(31-25-45)64(7,8)9/h7-54H,1-6H3;10-40H,1-9H3. The molecule has 0 aliphatic rings. The van der Waals surface area contributed by atoms with Gasteiger partial charge in [-0.1, -0.05) is 506 Å². The fourth-order valence-corrected chi connectivity index (χ4v) is 28.5. The lowest BCUT2D eigenvalue weighted by Crippen LogP contribution is -2.45. The average molecular weight is 1980 g/mol. The second kappa shape index (κ2) is 38.7. The van der Waals surface area contributed by atoms with Crippen LogP contribution in [0.15, 0.2) is 479 Å². The molecule has 24 rings (SSSR count). The zero-order valence-corrected chi connectivity index (χ0v) is 92.6. The highest BCUT2D eigenvalue weighted by molar-refractivity contribution is 6.92. The van der Waals surface area contributed by atoms with Crippen LogP contribution >= 0.6 is 0 Å². The van der Waals surface area contributed by atoms with Crippen molar-refractivity contribution in [2.24, 2.45) is 0 Å². The summed E-state index contributed by atoms with van der Waals surface area (Å²) in [5.41, 5.74) is 39.1. The summed E-state index contributed by atoms with van der Waals surface area (Å²) in [5, 5.41) is 22.9. The van der Waals surface area contributed by atoms with Crippen molar-refractivity contribution in [2.75, 3.05) is 0 Å². The van der Waals surface area contributed by atoms with Gasteiger partial charge in [-0.15, -0.1) is 0 Å². The molecule has 0 aliphatic heterocycles. The van der Waals surface area contributed by atoms with E-state index >= 15 is 0 Å². The lowest BCUT2D eigenvalue weighted by Gasteiger charge is -2.26. The first-order valence-corrected chi connectivity index (χ1v) is 70.1. The molecular weight excluding hydrogens is 1860 g/mol. The molecular formula is C143H124Si5. The van der Waals surface area contributed by atoms with Gasteiger partial charge in [-0.3, -0.25) is 0 Å². The zero-order chi connectivity index (χ0) is 102. The first-order valence-electron chi connectivity index (χ1n) is 52.6. The first kappa shape index (κ1) is 95.9. The third-order valence-corrected chi connectivity index (χ3v) is 41.0. The Bertz CT molecular complexity index is 8600. The maximum Gasteiger partial charge on any atom is 0.0776 e. The number of hydrogen-bond donors (Lipinski definition) is 0. The molecule has 0 N–H and O–H groups in total. The Kier molecular flexibility index (Phi) is 25.1. The van der Waals surface area contributed by atoms with Gasteiger partial charge >= 0.3 is 0 Å². The topological polar surface area (TPSA) is 0 Å². The predicted molar refractivity (Wildman–Crippen MR) is 662 cm³/mol. The molecule has 0 fully saturated rings. The summed E-state index contributed by atoms with van der Waals surface area (Å²) >= 11 is 0. The van der Waals surface area contributed by atoms with E-state index in [1.807, 2.05) is 0 Å². The molecule has 24 aromatic carbocycles. The minimum Gasteiger partial charge on any atom is -0.0656 e. The largest absolute Gasteiger partial charge is 0.0776 e. The Morgan fingerprint density at radius 3 is 0.378 bits per heavy atom. The van der Waals surface area contributed by atoms with Crippen molar-refractivity contribution in [1.82, 2.24) is 0 Å². The van der Waals surface area contributed by atoms with Gasteiger partial charge in [-0.25, -0.2) is 0 Å². The van der Waals surface area contributed by atoms with Crippen LogP contribution < -0.4 is 25.9 Å². The van der Waals surface area contributed by atoms with Crippen LogP contribution in [0.3, 0.4) is 0 Å². The summed E-state index contributed by atoms with van der Waals surface area (Å²) in [6.07, 6.45) is 0. The van der Waals surface area contributed by atoms with E-state index < -0.39 is 40.4 Å². The highest BCUT2D eigenvalue weighted by atomic mass is 28.3. The van der Waals surface area contributed by atoms with Crippen LogP contribution in [-0.4, -0.2) is 40.4 Å². The number of benzene rings is 24. The summed E-state index contributed by atoms with van der Waals surface area (Å²) in [7, 11) is -8.06. The molecule has 0 nitrogen and oxygen atoms in total. The fraction of sp³-hybridized carbons (Fsp3) is 0.105. The quantitative estimate of drug-likeness (QED) is 0.0497. The van der Waals surface area contributed by atoms with Gasteiger partial charge in [0.25, 0.3) is 0 Å². The van der Waals surface area contributed by atoms with Gasteiger partial charge in [0.2, 0.25) is 0 Å². The molecule has 0 atom stereocenters. The molecule has 0 aromatic heterocycles. The van der Waals surface area contributed by atoms with Crippen molar-refractivity contribution in [3.05, 3.63) is 479 Å². The van der Waals surface area contributed by atoms with Gasteiger partial charge in [0.05, 0.1) is 40.4 Å². The summed E-state index contributed by atoms with van der Waals surface area (Å²) in [5.74, 6) is 0. The Labute approximate surface area is 879 Å². The SMILES string of the molecule is C[Si](C)(C)c1cc(-c2cc(-c3cc(-c4ccccc4)cc(-c4ccccc4)c3)c3ccc4c(-c5cc(-c6ccccc6)cc(-c6ccccc6)c5)cc(-c5cc(-c6ccccc6)cc(-c6ccccc6)c5)c5ccc2c3c45)cc([Si](C)(C)C)c1.C[Si](C)(C)c1ccc(-c2cc(-c3ccc([Si](C)(C)C)cc3)c3ccc4c(-c5cc(-c6ccccc6)cc(-c6ccccc6)c5)cc(-c5ccc([Si](C)(C)C)cc5)c5ccc2c3c54)cc1. The highest BCUT2D eigenvalue weighted by Gasteiger charge is 2.31. The minimum atomic E-state index is -1.79. The van der Waals surface area contributed by atoms with Crippen LogP contribution in [0.25, 0.3) is 243 Å². The summed E-state index contributed by atoms with van der Waals surface area (Å²) in [4.78, 5) is 0. The van der Waals surface area contributed by atoms with Crippen molar-refractivity contribution in [3.8, 4) is 178 Å². The van der Waals surface area contributed by atoms with Crippen LogP contribution in [0.1, 0.15) is 0 Å². The van der Waals surface area contributed by atoms with E-state index in [-0.39, 0.29) is 0 Å². The van der Waals surface area contributed by atoms with E-state index in [1.54, 1.807) is 0 Å². The maximum atomic E-state index is 2.58. The van der Waals surface area contributed by atoms with Gasteiger partial charge in [0.15, 0.2) is 0 Å². The van der Waals surface area contributed by atoms with E-state index in [0.29, 0.717) is 0 Å². The molecule has 0 bridgehead atoms. The third-order valence-electron chi connectivity index (χ3n) is 30.8. The fourth-order valence-electron chi connectivity index (χ4n) is 22.5. The number of hydrogen-bond acceptors (Lipinski definition) is 0. The molecule has 5 heteroatoms. The van der Waals surface area contributed by atoms with Crippen molar-refractivity contribution >= 4 is 131 Å². The third kappa shape index (κ3) is 18.9. The Morgan fingerprint density at radius 1 is 0.0946 bits per heavy atom. The van der Waals surface area contributed by atoms with Gasteiger partial charge in [0, 0.05) is 0 Å². The van der Waals surface area contributed by atoms with Crippen LogP contribution in [-0.2, 0) is 0 Å². The predicted octanol–water partition coefficient (Wildman–Crippen LogP) is 38.6. The van der Waals surface area contributed by atoms with Gasteiger partial charge in [-0.2, -0.15) is 0 Å². The molecule has 148 heavy (non-hydrogen) atoms. The molecule has 0 spiro atoms. The molecule has 716 valence electrons. The summed E-state index contributed by atoms with van der Waals surface area (Å²) in [6, 6.07) is 182. The molecule has 0 saturated carbocycles. The Hall–Kier alpha value is -15.6. The molecule has 0 unspecified atom stereocenters. The molecule has 0 heterocycles. The smallest absolute Gasteiger partial charge is 0.0656 e. The van der Waals surface area contributed by atoms with E-state index in [4.69, 9.17) is 0 Å². The highest BCUT2D eigenvalue weighted by Crippen LogP contribution is 2.54. The van der Waals surface area contributed by atoms with Gasteiger partial charge in [0.1, 0.15) is 0 Å². The number of rotatable bonds is 21. The lowest BCUT2D eigenvalue weighted by atomic mass is 9.80. The van der Waals surface area contributed by atoms with Crippen molar-refractivity contribution in [2.45, 2.75) is 98.2 Å². The van der Waals surface area contributed by atoms with E-state index in [1.165, 1.54) is 269 Å². The van der Waals surface area contributed by atoms with Crippen LogP contribution in [0.2, 0.25) is 98.2 Å². The summed E-state index contributed by atoms with van der Waals surface area (Å²) in [6.45, 7) is 37.0. The van der Waals surface area contributed by atoms with Crippen molar-refractivity contribution in [1.29, 1.82) is 0 Å². The van der Waals surface area contributed by atoms with Crippen LogP contribution in [0.4, 0.5) is 0 Å². The molecule has 0 saturated heterocycles. The second-order valence-electron chi connectivity index (χ2n) is 45.9.